The van der Waals surface area contributed by atoms with Crippen LogP contribution in [0.5, 0.6) is 0 Å². The first-order chi connectivity index (χ1) is 10.1. The van der Waals surface area contributed by atoms with Gasteiger partial charge in [0.15, 0.2) is 0 Å². The topological polar surface area (TPSA) is 50.2 Å². The molecular weight excluding hydrogens is 288 g/mol. The summed E-state index contributed by atoms with van der Waals surface area (Å²) in [6.45, 7) is 6.62. The Kier molecular flexibility index (Phi) is 4.22. The summed E-state index contributed by atoms with van der Waals surface area (Å²) in [5, 5.41) is 8.12. The summed E-state index contributed by atoms with van der Waals surface area (Å²) in [7, 11) is 0. The summed E-state index contributed by atoms with van der Waals surface area (Å²) >= 11 is 6.29. The van der Waals surface area contributed by atoms with Gasteiger partial charge in [-0.3, -0.25) is 4.79 Å². The molecule has 5 nitrogen and oxygen atoms in total. The standard InChI is InChI=1S/C15H23ClN4O/c1-10-8-19(11(2)6-17-10)14-13(16)7-18-20(15(14)21)9-12-4-3-5-12/h7,10-12,17H,3-6,8-9H2,1-2H3. The number of nitrogens with zero attached hydrogens (tertiary/aromatic N) is 3. The maximum Gasteiger partial charge on any atom is 0.291 e. The van der Waals surface area contributed by atoms with Gasteiger partial charge >= 0.3 is 0 Å². The van der Waals surface area contributed by atoms with Crippen LogP contribution in [0, 0.1) is 5.92 Å². The van der Waals surface area contributed by atoms with Crippen molar-refractivity contribution in [2.75, 3.05) is 18.0 Å². The molecule has 0 bridgehead atoms. The molecule has 1 aromatic rings. The van der Waals surface area contributed by atoms with Gasteiger partial charge in [-0.2, -0.15) is 5.10 Å². The molecule has 116 valence electrons. The molecule has 1 saturated carbocycles. The highest BCUT2D eigenvalue weighted by atomic mass is 35.5. The van der Waals surface area contributed by atoms with Crippen molar-refractivity contribution in [2.24, 2.45) is 5.92 Å². The monoisotopic (exact) mass is 310 g/mol. The Morgan fingerprint density at radius 3 is 2.86 bits per heavy atom. The van der Waals surface area contributed by atoms with Gasteiger partial charge in [0.05, 0.1) is 11.2 Å². The van der Waals surface area contributed by atoms with E-state index in [0.29, 0.717) is 22.7 Å². The number of anilines is 1. The van der Waals surface area contributed by atoms with Crippen molar-refractivity contribution in [1.82, 2.24) is 15.1 Å². The fraction of sp³-hybridized carbons (Fsp3) is 0.733. The SMILES string of the molecule is CC1CN(c2c(Cl)cnn(CC3CCC3)c2=O)C(C)CN1. The van der Waals surface area contributed by atoms with Crippen molar-refractivity contribution in [1.29, 1.82) is 0 Å². The zero-order chi connectivity index (χ0) is 15.0. The summed E-state index contributed by atoms with van der Waals surface area (Å²) in [6.07, 6.45) is 5.29. The third-order valence-corrected chi connectivity index (χ3v) is 4.96. The van der Waals surface area contributed by atoms with Crippen molar-refractivity contribution in [3.05, 3.63) is 21.6 Å². The van der Waals surface area contributed by atoms with E-state index in [2.05, 4.69) is 29.2 Å². The number of hydrogen-bond donors (Lipinski definition) is 1. The Morgan fingerprint density at radius 1 is 1.43 bits per heavy atom. The summed E-state index contributed by atoms with van der Waals surface area (Å²) in [6, 6.07) is 0.607. The lowest BCUT2D eigenvalue weighted by Gasteiger charge is -2.39. The van der Waals surface area contributed by atoms with E-state index in [4.69, 9.17) is 11.6 Å². The van der Waals surface area contributed by atoms with Gasteiger partial charge in [-0.15, -0.1) is 0 Å². The lowest BCUT2D eigenvalue weighted by atomic mass is 9.85. The van der Waals surface area contributed by atoms with E-state index in [1.807, 2.05) is 0 Å². The van der Waals surface area contributed by atoms with Crippen LogP contribution in [0.15, 0.2) is 11.0 Å². The molecule has 0 radical (unpaired) electrons. The number of piperazine rings is 1. The van der Waals surface area contributed by atoms with Crippen LogP contribution in [0.1, 0.15) is 33.1 Å². The maximum absolute atomic E-state index is 12.8. The Hall–Kier alpha value is -1.07. The van der Waals surface area contributed by atoms with Crippen molar-refractivity contribution >= 4 is 17.3 Å². The van der Waals surface area contributed by atoms with Gasteiger partial charge in [0.25, 0.3) is 5.56 Å². The van der Waals surface area contributed by atoms with Gasteiger partial charge in [-0.1, -0.05) is 18.0 Å². The average molecular weight is 311 g/mol. The molecule has 1 aliphatic carbocycles. The van der Waals surface area contributed by atoms with E-state index in [1.165, 1.54) is 19.3 Å². The van der Waals surface area contributed by atoms with E-state index >= 15 is 0 Å². The van der Waals surface area contributed by atoms with Crippen LogP contribution in [0.3, 0.4) is 0 Å². The van der Waals surface area contributed by atoms with Crippen molar-refractivity contribution in [3.8, 4) is 0 Å². The first-order valence-corrected chi connectivity index (χ1v) is 8.19. The van der Waals surface area contributed by atoms with Gasteiger partial charge in [-0.25, -0.2) is 4.68 Å². The minimum atomic E-state index is -0.0460. The number of nitrogens with one attached hydrogen (secondary N) is 1. The second kappa shape index (κ2) is 5.97. The highest BCUT2D eigenvalue weighted by molar-refractivity contribution is 6.33. The largest absolute Gasteiger partial charge is 0.360 e. The quantitative estimate of drug-likeness (QED) is 0.926. The van der Waals surface area contributed by atoms with Crippen LogP contribution in [-0.4, -0.2) is 35.0 Å². The van der Waals surface area contributed by atoms with Crippen molar-refractivity contribution < 1.29 is 0 Å². The van der Waals surface area contributed by atoms with Gasteiger partial charge in [0.1, 0.15) is 5.69 Å². The molecule has 21 heavy (non-hydrogen) atoms. The summed E-state index contributed by atoms with van der Waals surface area (Å²) < 4.78 is 1.60. The zero-order valence-electron chi connectivity index (χ0n) is 12.7. The molecule has 6 heteroatoms. The summed E-state index contributed by atoms with van der Waals surface area (Å²) in [4.78, 5) is 14.9. The van der Waals surface area contributed by atoms with Crippen LogP contribution in [-0.2, 0) is 6.54 Å². The molecule has 2 aliphatic rings. The Bertz CT molecular complexity index is 569. The summed E-state index contributed by atoms with van der Waals surface area (Å²) in [5.41, 5.74) is 0.571. The molecule has 2 heterocycles. The lowest BCUT2D eigenvalue weighted by molar-refractivity contribution is 0.261. The normalized spacial score (nSPS) is 26.7. The van der Waals surface area contributed by atoms with Crippen molar-refractivity contribution in [2.45, 2.75) is 51.7 Å². The minimum absolute atomic E-state index is 0.0460. The molecule has 1 saturated heterocycles. The van der Waals surface area contributed by atoms with Crippen molar-refractivity contribution in [3.63, 3.8) is 0 Å². The molecule has 0 spiro atoms. The first-order valence-electron chi connectivity index (χ1n) is 7.82. The van der Waals surface area contributed by atoms with Crippen LogP contribution in [0.25, 0.3) is 0 Å². The number of hydrogen-bond acceptors (Lipinski definition) is 4. The zero-order valence-corrected chi connectivity index (χ0v) is 13.4. The molecule has 3 rings (SSSR count). The molecule has 0 aromatic carbocycles. The van der Waals surface area contributed by atoms with E-state index in [-0.39, 0.29) is 11.6 Å². The molecule has 2 fully saturated rings. The minimum Gasteiger partial charge on any atom is -0.360 e. The third-order valence-electron chi connectivity index (χ3n) is 4.68. The van der Waals surface area contributed by atoms with E-state index in [9.17, 15) is 4.79 Å². The fourth-order valence-electron chi connectivity index (χ4n) is 3.10. The Labute approximate surface area is 130 Å². The molecule has 1 aliphatic heterocycles. The molecular formula is C15H23ClN4O. The third kappa shape index (κ3) is 2.94. The first kappa shape index (κ1) is 14.9. The van der Waals surface area contributed by atoms with Gasteiger partial charge < -0.3 is 10.2 Å². The number of rotatable bonds is 3. The van der Waals surface area contributed by atoms with E-state index in [0.717, 1.165) is 19.6 Å². The molecule has 1 aromatic heterocycles. The lowest BCUT2D eigenvalue weighted by Crippen LogP contribution is -2.56. The van der Waals surface area contributed by atoms with Crippen LogP contribution in [0.2, 0.25) is 5.02 Å². The van der Waals surface area contributed by atoms with Gasteiger partial charge in [0.2, 0.25) is 0 Å². The predicted molar refractivity (Wildman–Crippen MR) is 85.1 cm³/mol. The molecule has 0 amide bonds. The highest BCUT2D eigenvalue weighted by Crippen LogP contribution is 2.28. The molecule has 2 atom stereocenters. The predicted octanol–water partition coefficient (Wildman–Crippen LogP) is 1.88. The highest BCUT2D eigenvalue weighted by Gasteiger charge is 2.28. The van der Waals surface area contributed by atoms with E-state index < -0.39 is 0 Å². The van der Waals surface area contributed by atoms with Crippen LogP contribution in [0.4, 0.5) is 5.69 Å². The van der Waals surface area contributed by atoms with Gasteiger partial charge in [0, 0.05) is 31.7 Å². The number of aromatic nitrogens is 2. The smallest absolute Gasteiger partial charge is 0.291 e. The van der Waals surface area contributed by atoms with Crippen LogP contribution < -0.4 is 15.8 Å². The maximum atomic E-state index is 12.8. The summed E-state index contributed by atoms with van der Waals surface area (Å²) in [5.74, 6) is 0.601. The van der Waals surface area contributed by atoms with Crippen LogP contribution >= 0.6 is 11.6 Å². The van der Waals surface area contributed by atoms with Gasteiger partial charge in [-0.05, 0) is 32.6 Å². The second-order valence-corrected chi connectivity index (χ2v) is 6.84. The second-order valence-electron chi connectivity index (χ2n) is 6.44. The fourth-order valence-corrected chi connectivity index (χ4v) is 3.33. The Balaban J connectivity index is 1.92. The molecule has 2 unspecified atom stereocenters. The molecule has 1 N–H and O–H groups in total. The number of halogens is 1. The Morgan fingerprint density at radius 2 is 2.19 bits per heavy atom. The van der Waals surface area contributed by atoms with E-state index in [1.54, 1.807) is 10.9 Å². The average Bonchev–Trinajstić information content (AvgIpc) is 2.40.